The molecule has 0 atom stereocenters. The second-order valence-corrected chi connectivity index (χ2v) is 9.06. The molecule has 9 nitrogen and oxygen atoms in total. The van der Waals surface area contributed by atoms with E-state index in [1.165, 1.54) is 6.07 Å². The highest BCUT2D eigenvalue weighted by Crippen LogP contribution is 2.36. The van der Waals surface area contributed by atoms with Crippen LogP contribution in [0.15, 0.2) is 36.5 Å². The van der Waals surface area contributed by atoms with Crippen molar-refractivity contribution in [1.82, 2.24) is 9.78 Å². The lowest BCUT2D eigenvalue weighted by molar-refractivity contribution is -0.617. The molecule has 1 aliphatic rings. The Bertz CT molecular complexity index is 1250. The first-order valence-corrected chi connectivity index (χ1v) is 11.6. The summed E-state index contributed by atoms with van der Waals surface area (Å²) < 4.78 is 8.28. The molecule has 9 heteroatoms. The Balaban J connectivity index is 1.63. The minimum atomic E-state index is -1.26. The molecule has 1 saturated carbocycles. The molecule has 3 aromatic rings. The Morgan fingerprint density at radius 3 is 2.79 bits per heavy atom. The van der Waals surface area contributed by atoms with Crippen LogP contribution in [-0.4, -0.2) is 33.0 Å². The molecule has 0 radical (unpaired) electrons. The van der Waals surface area contributed by atoms with Crippen LogP contribution in [-0.2, 0) is 0 Å². The highest BCUT2D eigenvalue weighted by Gasteiger charge is 2.34. The Morgan fingerprint density at radius 2 is 2.15 bits per heavy atom. The number of aromatic nitrogens is 3. The monoisotopic (exact) mass is 463 g/mol. The van der Waals surface area contributed by atoms with Crippen LogP contribution in [0.3, 0.4) is 0 Å². The molecule has 2 N–H and O–H groups in total. The number of pyridine rings is 1. The number of nitrogens with zero attached hydrogens (tertiary/aromatic N) is 4. The third kappa shape index (κ3) is 4.54. The molecule has 178 valence electrons. The highest BCUT2D eigenvalue weighted by molar-refractivity contribution is 6.04. The number of aliphatic hydroxyl groups is 1. The summed E-state index contributed by atoms with van der Waals surface area (Å²) in [5.41, 5.74) is 0.440. The zero-order chi connectivity index (χ0) is 24.5. The number of amides is 1. The fourth-order valence-corrected chi connectivity index (χ4v) is 4.38. The molecule has 2 heterocycles. The first-order valence-electron chi connectivity index (χ1n) is 11.6. The number of fused-ring (bicyclic) bond motifs is 1. The second kappa shape index (κ2) is 9.31. The highest BCUT2D eigenvalue weighted by atomic mass is 16.5. The van der Waals surface area contributed by atoms with E-state index >= 15 is 0 Å². The minimum Gasteiger partial charge on any atom is -0.618 e. The lowest BCUT2D eigenvalue weighted by atomic mass is 9.83. The van der Waals surface area contributed by atoms with Crippen LogP contribution >= 0.6 is 0 Å². The van der Waals surface area contributed by atoms with Gasteiger partial charge >= 0.3 is 5.91 Å². The van der Waals surface area contributed by atoms with Gasteiger partial charge in [-0.15, -0.1) is 0 Å². The second-order valence-electron chi connectivity index (χ2n) is 9.06. The van der Waals surface area contributed by atoms with Crippen molar-refractivity contribution in [1.29, 1.82) is 5.26 Å². The fraction of sp³-hybridized carbons (Fsp3) is 0.440. The number of hydrogen-bond donors (Lipinski definition) is 2. The summed E-state index contributed by atoms with van der Waals surface area (Å²) in [5, 5.41) is 40.3. The molecular weight excluding hydrogens is 434 g/mol. The summed E-state index contributed by atoms with van der Waals surface area (Å²) in [6, 6.07) is 10.5. The summed E-state index contributed by atoms with van der Waals surface area (Å²) in [7, 11) is 0. The number of anilines is 1. The van der Waals surface area contributed by atoms with Crippen molar-refractivity contribution in [2.24, 2.45) is 0 Å². The summed E-state index contributed by atoms with van der Waals surface area (Å²) >= 11 is 0. The average molecular weight is 464 g/mol. The number of rotatable bonds is 6. The lowest BCUT2D eigenvalue weighted by Gasteiger charge is -2.30. The number of nitriles is 1. The summed E-state index contributed by atoms with van der Waals surface area (Å²) in [5.74, 6) is -0.0720. The Hall–Kier alpha value is -3.64. The van der Waals surface area contributed by atoms with Crippen molar-refractivity contribution >= 4 is 22.5 Å². The fourth-order valence-electron chi connectivity index (χ4n) is 4.38. The van der Waals surface area contributed by atoms with Crippen molar-refractivity contribution < 1.29 is 19.4 Å². The normalized spacial score (nSPS) is 20.3. The molecule has 0 spiro atoms. The predicted octanol–water partition coefficient (Wildman–Crippen LogP) is 3.81. The van der Waals surface area contributed by atoms with Gasteiger partial charge in [0.2, 0.25) is 0 Å². The zero-order valence-corrected chi connectivity index (χ0v) is 19.6. The molecule has 0 aliphatic heterocycles. The number of carbonyl (C=O) groups is 1. The Morgan fingerprint density at radius 1 is 1.41 bits per heavy atom. The van der Waals surface area contributed by atoms with Gasteiger partial charge in [-0.3, -0.25) is 9.48 Å². The molecule has 0 unspecified atom stereocenters. The largest absolute Gasteiger partial charge is 0.618 e. The van der Waals surface area contributed by atoms with E-state index < -0.39 is 11.5 Å². The van der Waals surface area contributed by atoms with Gasteiger partial charge in [0, 0.05) is 35.7 Å². The standard InChI is InChI=1S/C25H29N5O4/c1-4-34-23-13-19-17(14-29(28-19)18-8-10-25(32,15-26)11-9-18)12-20(23)27-24(31)22-7-5-6-21(16(2)3)30(22)33/h5-7,12-14,16,18,32H,4,8-11H2,1-3H3,(H,27,31). The van der Waals surface area contributed by atoms with Crippen LogP contribution in [0, 0.1) is 16.5 Å². The Kier molecular flexibility index (Phi) is 6.44. The number of nitrogens with one attached hydrogen (secondary N) is 1. The van der Waals surface area contributed by atoms with Crippen LogP contribution in [0.1, 0.15) is 74.6 Å². The maximum absolute atomic E-state index is 13.0. The van der Waals surface area contributed by atoms with E-state index in [1.54, 1.807) is 24.3 Å². The summed E-state index contributed by atoms with van der Waals surface area (Å²) in [6.07, 6.45) is 4.00. The van der Waals surface area contributed by atoms with Gasteiger partial charge < -0.3 is 20.4 Å². The summed E-state index contributed by atoms with van der Waals surface area (Å²) in [6.45, 7) is 6.05. The molecule has 0 bridgehead atoms. The third-order valence-electron chi connectivity index (χ3n) is 6.33. The molecule has 4 rings (SSSR count). The van der Waals surface area contributed by atoms with Crippen LogP contribution in [0.25, 0.3) is 10.9 Å². The maximum Gasteiger partial charge on any atom is 0.321 e. The van der Waals surface area contributed by atoms with Gasteiger partial charge in [0.15, 0.2) is 11.3 Å². The lowest BCUT2D eigenvalue weighted by Crippen LogP contribution is -2.41. The quantitative estimate of drug-likeness (QED) is 0.325. The van der Waals surface area contributed by atoms with Crippen LogP contribution in [0.5, 0.6) is 5.75 Å². The maximum atomic E-state index is 13.0. The van der Waals surface area contributed by atoms with E-state index in [1.807, 2.05) is 37.7 Å². The van der Waals surface area contributed by atoms with Crippen molar-refractivity contribution in [2.75, 3.05) is 11.9 Å². The number of carbonyl (C=O) groups excluding carboxylic acids is 1. The average Bonchev–Trinajstić information content (AvgIpc) is 3.22. The predicted molar refractivity (Wildman–Crippen MR) is 126 cm³/mol. The molecule has 1 aromatic carbocycles. The van der Waals surface area contributed by atoms with Crippen LogP contribution < -0.4 is 14.8 Å². The van der Waals surface area contributed by atoms with E-state index in [2.05, 4.69) is 10.4 Å². The van der Waals surface area contributed by atoms with E-state index in [4.69, 9.17) is 10.00 Å². The van der Waals surface area contributed by atoms with Crippen LogP contribution in [0.2, 0.25) is 0 Å². The first-order chi connectivity index (χ1) is 16.2. The third-order valence-corrected chi connectivity index (χ3v) is 6.33. The van der Waals surface area contributed by atoms with E-state index in [0.717, 1.165) is 5.39 Å². The van der Waals surface area contributed by atoms with Gasteiger partial charge in [-0.1, -0.05) is 13.8 Å². The van der Waals surface area contributed by atoms with Crippen molar-refractivity contribution in [3.63, 3.8) is 0 Å². The van der Waals surface area contributed by atoms with Crippen molar-refractivity contribution in [2.45, 2.75) is 64.0 Å². The molecule has 34 heavy (non-hydrogen) atoms. The van der Waals surface area contributed by atoms with Crippen molar-refractivity contribution in [3.8, 4) is 11.8 Å². The minimum absolute atomic E-state index is 0.0108. The smallest absolute Gasteiger partial charge is 0.321 e. The topological polar surface area (TPSA) is 127 Å². The number of ether oxygens (including phenoxy) is 1. The van der Waals surface area contributed by atoms with Gasteiger partial charge in [0.25, 0.3) is 5.69 Å². The van der Waals surface area contributed by atoms with E-state index in [9.17, 15) is 15.1 Å². The molecule has 1 aliphatic carbocycles. The molecule has 0 saturated heterocycles. The van der Waals surface area contributed by atoms with Gasteiger partial charge in [0.05, 0.1) is 29.9 Å². The van der Waals surface area contributed by atoms with Crippen LogP contribution in [0.4, 0.5) is 5.69 Å². The van der Waals surface area contributed by atoms with E-state index in [-0.39, 0.29) is 17.7 Å². The van der Waals surface area contributed by atoms with Gasteiger partial charge in [-0.25, -0.2) is 0 Å². The molecule has 2 aromatic heterocycles. The Labute approximate surface area is 198 Å². The molecule has 1 fully saturated rings. The SMILES string of the molecule is CCOc1cc2nn(C3CCC(O)(C#N)CC3)cc2cc1NC(=O)c1cccc(C(C)C)[n+]1[O-]. The molecular formula is C25H29N5O4. The summed E-state index contributed by atoms with van der Waals surface area (Å²) in [4.78, 5) is 13.0. The van der Waals surface area contributed by atoms with E-state index in [0.29, 0.717) is 59.7 Å². The number of hydrogen-bond acceptors (Lipinski definition) is 6. The molecule has 1 amide bonds. The van der Waals surface area contributed by atoms with Gasteiger partial charge in [0.1, 0.15) is 5.75 Å². The zero-order valence-electron chi connectivity index (χ0n) is 19.6. The van der Waals surface area contributed by atoms with Crippen molar-refractivity contribution in [3.05, 3.63) is 53.1 Å². The van der Waals surface area contributed by atoms with Gasteiger partial charge in [-0.2, -0.15) is 15.1 Å². The van der Waals surface area contributed by atoms with Gasteiger partial charge in [-0.05, 0) is 44.7 Å². The number of benzene rings is 1. The first kappa shape index (κ1) is 23.5.